The number of imide groups is 1. The average molecular weight is 439 g/mol. The summed E-state index contributed by atoms with van der Waals surface area (Å²) in [7, 11) is 0. The molecule has 0 unspecified atom stereocenters. The minimum Gasteiger partial charge on any atom is -0.342 e. The molecule has 0 bridgehead atoms. The number of carbonyl (C=O) groups is 2. The van der Waals surface area contributed by atoms with E-state index in [9.17, 15) is 14.0 Å². The summed E-state index contributed by atoms with van der Waals surface area (Å²) in [6.45, 7) is 2.85. The number of aromatic nitrogens is 1. The molecule has 0 saturated carbocycles. The van der Waals surface area contributed by atoms with Crippen molar-refractivity contribution in [1.82, 2.24) is 14.8 Å². The van der Waals surface area contributed by atoms with Crippen LogP contribution >= 0.6 is 0 Å². The maximum Gasteiger partial charge on any atom is 0.329 e. The van der Waals surface area contributed by atoms with Gasteiger partial charge in [-0.25, -0.2) is 9.18 Å². The maximum atomic E-state index is 13.2. The third-order valence-corrected chi connectivity index (χ3v) is 5.77. The van der Waals surface area contributed by atoms with Gasteiger partial charge < -0.3 is 9.88 Å². The zero-order valence-electron chi connectivity index (χ0n) is 18.1. The van der Waals surface area contributed by atoms with Gasteiger partial charge in [0.25, 0.3) is 5.91 Å². The quantitative estimate of drug-likeness (QED) is 0.342. The number of amides is 3. The van der Waals surface area contributed by atoms with Crippen LogP contribution in [-0.2, 0) is 17.9 Å². The Morgan fingerprint density at radius 1 is 0.909 bits per heavy atom. The van der Waals surface area contributed by atoms with E-state index in [0.717, 1.165) is 21.4 Å². The van der Waals surface area contributed by atoms with E-state index in [-0.39, 0.29) is 18.1 Å². The van der Waals surface area contributed by atoms with Crippen molar-refractivity contribution >= 4 is 28.9 Å². The highest BCUT2D eigenvalue weighted by Gasteiger charge is 2.33. The van der Waals surface area contributed by atoms with Crippen LogP contribution in [0.2, 0.25) is 0 Å². The number of benzene rings is 3. The number of urea groups is 1. The summed E-state index contributed by atoms with van der Waals surface area (Å²) in [6, 6.07) is 21.6. The lowest BCUT2D eigenvalue weighted by atomic mass is 10.1. The number of halogens is 1. The molecule has 5 nitrogen and oxygen atoms in total. The van der Waals surface area contributed by atoms with Gasteiger partial charge in [0.1, 0.15) is 11.5 Å². The molecule has 3 aromatic carbocycles. The minimum absolute atomic E-state index is 0.0808. The fourth-order valence-corrected chi connectivity index (χ4v) is 4.17. The van der Waals surface area contributed by atoms with Gasteiger partial charge in [-0.2, -0.15) is 0 Å². The van der Waals surface area contributed by atoms with Gasteiger partial charge in [0.15, 0.2) is 0 Å². The zero-order chi connectivity index (χ0) is 22.9. The molecule has 1 aliphatic heterocycles. The van der Waals surface area contributed by atoms with Gasteiger partial charge in [0.2, 0.25) is 0 Å². The van der Waals surface area contributed by atoms with Crippen molar-refractivity contribution < 1.29 is 14.0 Å². The van der Waals surface area contributed by atoms with Crippen molar-refractivity contribution in [2.24, 2.45) is 0 Å². The molecule has 3 amide bonds. The molecule has 1 N–H and O–H groups in total. The molecular weight excluding hydrogens is 417 g/mol. The molecule has 0 aliphatic carbocycles. The van der Waals surface area contributed by atoms with Crippen molar-refractivity contribution in [3.8, 4) is 0 Å². The van der Waals surface area contributed by atoms with Crippen molar-refractivity contribution in [2.45, 2.75) is 20.0 Å². The van der Waals surface area contributed by atoms with Crippen LogP contribution in [0.15, 0.2) is 84.7 Å². The Hall–Kier alpha value is -4.19. The summed E-state index contributed by atoms with van der Waals surface area (Å²) < 4.78 is 15.3. The van der Waals surface area contributed by atoms with Crippen LogP contribution in [0, 0.1) is 12.7 Å². The summed E-state index contributed by atoms with van der Waals surface area (Å²) in [6.07, 6.45) is 3.72. The van der Waals surface area contributed by atoms with Gasteiger partial charge in [-0.3, -0.25) is 9.69 Å². The number of hydrogen-bond donors (Lipinski definition) is 1. The fourth-order valence-electron chi connectivity index (χ4n) is 4.17. The van der Waals surface area contributed by atoms with Crippen LogP contribution in [0.1, 0.15) is 22.3 Å². The monoisotopic (exact) mass is 439 g/mol. The lowest BCUT2D eigenvalue weighted by Crippen LogP contribution is -2.30. The summed E-state index contributed by atoms with van der Waals surface area (Å²) in [5.74, 6) is -0.765. The van der Waals surface area contributed by atoms with Gasteiger partial charge in [-0.05, 0) is 42.3 Å². The van der Waals surface area contributed by atoms with E-state index in [0.29, 0.717) is 12.1 Å². The van der Waals surface area contributed by atoms with Crippen LogP contribution in [0.3, 0.4) is 0 Å². The molecule has 1 fully saturated rings. The van der Waals surface area contributed by atoms with Crippen LogP contribution in [0.25, 0.3) is 17.0 Å². The number of nitrogens with one attached hydrogen (secondary N) is 1. The van der Waals surface area contributed by atoms with Gasteiger partial charge in [0.05, 0.1) is 6.54 Å². The predicted molar refractivity (Wildman–Crippen MR) is 126 cm³/mol. The van der Waals surface area contributed by atoms with E-state index < -0.39 is 11.9 Å². The molecule has 0 atom stereocenters. The molecule has 4 aromatic rings. The van der Waals surface area contributed by atoms with E-state index in [2.05, 4.69) is 35.0 Å². The second kappa shape index (κ2) is 8.39. The zero-order valence-corrected chi connectivity index (χ0v) is 18.1. The Kier molecular flexibility index (Phi) is 5.26. The summed E-state index contributed by atoms with van der Waals surface area (Å²) in [4.78, 5) is 26.6. The van der Waals surface area contributed by atoms with Crippen molar-refractivity contribution in [3.05, 3.63) is 113 Å². The molecular formula is C27H22FN3O2. The summed E-state index contributed by atoms with van der Waals surface area (Å²) in [5, 5.41) is 3.68. The largest absolute Gasteiger partial charge is 0.342 e. The Labute approximate surface area is 190 Å². The lowest BCUT2D eigenvalue weighted by molar-refractivity contribution is -0.123. The first-order chi connectivity index (χ1) is 16.0. The van der Waals surface area contributed by atoms with E-state index in [1.165, 1.54) is 23.3 Å². The molecule has 1 saturated heterocycles. The highest BCUT2D eigenvalue weighted by molar-refractivity contribution is 6.14. The molecule has 5 rings (SSSR count). The van der Waals surface area contributed by atoms with E-state index in [1.807, 2.05) is 36.5 Å². The maximum absolute atomic E-state index is 13.2. The molecule has 0 radical (unpaired) electrons. The Morgan fingerprint density at radius 3 is 2.48 bits per heavy atom. The number of fused-ring (bicyclic) bond motifs is 1. The van der Waals surface area contributed by atoms with Gasteiger partial charge in [-0.15, -0.1) is 0 Å². The predicted octanol–water partition coefficient (Wildman–Crippen LogP) is 5.23. The van der Waals surface area contributed by atoms with Gasteiger partial charge in [-0.1, -0.05) is 60.2 Å². The molecule has 1 aliphatic rings. The number of para-hydroxylation sites is 1. The normalized spacial score (nSPS) is 15.0. The van der Waals surface area contributed by atoms with E-state index in [1.54, 1.807) is 18.2 Å². The first-order valence-electron chi connectivity index (χ1n) is 10.7. The van der Waals surface area contributed by atoms with Crippen molar-refractivity contribution in [1.29, 1.82) is 0 Å². The molecule has 2 heterocycles. The second-order valence-electron chi connectivity index (χ2n) is 8.22. The highest BCUT2D eigenvalue weighted by Crippen LogP contribution is 2.26. The van der Waals surface area contributed by atoms with Crippen LogP contribution in [0.4, 0.5) is 9.18 Å². The Morgan fingerprint density at radius 2 is 1.70 bits per heavy atom. The van der Waals surface area contributed by atoms with Crippen LogP contribution in [0.5, 0.6) is 0 Å². The summed E-state index contributed by atoms with van der Waals surface area (Å²) >= 11 is 0. The lowest BCUT2D eigenvalue weighted by Gasteiger charge is -2.11. The standard InChI is InChI=1S/C27H22FN3O2/c1-18-5-4-6-20(13-18)15-30-17-21(23-7-2-3-8-25(23)30)14-24-26(32)31(27(33)29-24)16-19-9-11-22(28)12-10-19/h2-14,17H,15-16H2,1H3,(H,29,33). The van der Waals surface area contributed by atoms with Crippen LogP contribution < -0.4 is 5.32 Å². The van der Waals surface area contributed by atoms with Crippen molar-refractivity contribution in [2.75, 3.05) is 0 Å². The average Bonchev–Trinajstić information content (AvgIpc) is 3.27. The Bertz CT molecular complexity index is 1400. The molecule has 1 aromatic heterocycles. The molecule has 6 heteroatoms. The highest BCUT2D eigenvalue weighted by atomic mass is 19.1. The van der Waals surface area contributed by atoms with Crippen LogP contribution in [-0.4, -0.2) is 21.4 Å². The smallest absolute Gasteiger partial charge is 0.329 e. The number of hydrogen-bond acceptors (Lipinski definition) is 2. The number of aryl methyl sites for hydroxylation is 1. The molecule has 0 spiro atoms. The van der Waals surface area contributed by atoms with E-state index in [4.69, 9.17) is 0 Å². The SMILES string of the molecule is Cc1cccc(Cn2cc(C=C3NC(=O)N(Cc4ccc(F)cc4)C3=O)c3ccccc32)c1. The second-order valence-corrected chi connectivity index (χ2v) is 8.22. The van der Waals surface area contributed by atoms with E-state index >= 15 is 0 Å². The number of carbonyl (C=O) groups excluding carboxylic acids is 2. The first-order valence-corrected chi connectivity index (χ1v) is 10.7. The Balaban J connectivity index is 1.45. The topological polar surface area (TPSA) is 54.3 Å². The molecule has 33 heavy (non-hydrogen) atoms. The molecule has 164 valence electrons. The van der Waals surface area contributed by atoms with Gasteiger partial charge in [0, 0.05) is 29.2 Å². The summed E-state index contributed by atoms with van der Waals surface area (Å²) in [5.41, 5.74) is 5.19. The van der Waals surface area contributed by atoms with Gasteiger partial charge >= 0.3 is 6.03 Å². The third kappa shape index (κ3) is 4.15. The minimum atomic E-state index is -0.487. The number of rotatable bonds is 5. The third-order valence-electron chi connectivity index (χ3n) is 5.77. The first kappa shape index (κ1) is 20.7. The fraction of sp³-hybridized carbons (Fsp3) is 0.111. The number of nitrogens with zero attached hydrogens (tertiary/aromatic N) is 2. The van der Waals surface area contributed by atoms with Crippen molar-refractivity contribution in [3.63, 3.8) is 0 Å².